The first-order valence-corrected chi connectivity index (χ1v) is 11.7. The Morgan fingerprint density at radius 3 is 2.42 bits per heavy atom. The van der Waals surface area contributed by atoms with E-state index in [2.05, 4.69) is 40.3 Å². The van der Waals surface area contributed by atoms with Gasteiger partial charge < -0.3 is 9.42 Å². The lowest BCUT2D eigenvalue weighted by Crippen LogP contribution is -2.39. The molecule has 0 fully saturated rings. The van der Waals surface area contributed by atoms with Gasteiger partial charge in [-0.1, -0.05) is 62.3 Å². The van der Waals surface area contributed by atoms with E-state index >= 15 is 0 Å². The minimum Gasteiger partial charge on any atom is -0.361 e. The van der Waals surface area contributed by atoms with Crippen LogP contribution in [0.25, 0.3) is 0 Å². The van der Waals surface area contributed by atoms with Gasteiger partial charge in [0.2, 0.25) is 0 Å². The SMILES string of the molecule is C/C=C(\C)N(Cc1ccccc1)C(C)C(=O)C(C)c1cnn(Cc2c(C)noc2C)c1.CC. The van der Waals surface area contributed by atoms with Crippen molar-refractivity contribution >= 4 is 5.78 Å². The van der Waals surface area contributed by atoms with Crippen molar-refractivity contribution in [1.82, 2.24) is 19.8 Å². The molecule has 0 aliphatic rings. The number of aromatic nitrogens is 3. The summed E-state index contributed by atoms with van der Waals surface area (Å²) in [5.74, 6) is 0.719. The van der Waals surface area contributed by atoms with Gasteiger partial charge in [0.1, 0.15) is 5.76 Å². The Bertz CT molecular complexity index is 1030. The Hall–Kier alpha value is -3.15. The maximum atomic E-state index is 13.4. The number of ketones is 1. The van der Waals surface area contributed by atoms with Crippen LogP contribution in [0.4, 0.5) is 0 Å². The molecule has 0 N–H and O–H groups in total. The number of aryl methyl sites for hydroxylation is 2. The number of carbonyl (C=O) groups is 1. The average molecular weight is 451 g/mol. The summed E-state index contributed by atoms with van der Waals surface area (Å²) in [6, 6.07) is 10.00. The fourth-order valence-corrected chi connectivity index (χ4v) is 3.77. The quantitative estimate of drug-likeness (QED) is 0.397. The van der Waals surface area contributed by atoms with E-state index in [9.17, 15) is 4.79 Å². The number of benzene rings is 1. The molecular weight excluding hydrogens is 412 g/mol. The van der Waals surface area contributed by atoms with Crippen LogP contribution in [0, 0.1) is 13.8 Å². The summed E-state index contributed by atoms with van der Waals surface area (Å²) >= 11 is 0. The zero-order chi connectivity index (χ0) is 24.5. The van der Waals surface area contributed by atoms with Crippen LogP contribution in [0.3, 0.4) is 0 Å². The van der Waals surface area contributed by atoms with E-state index in [1.165, 1.54) is 5.56 Å². The van der Waals surface area contributed by atoms with E-state index in [0.717, 1.165) is 28.3 Å². The van der Waals surface area contributed by atoms with Crippen molar-refractivity contribution in [3.05, 3.63) is 82.6 Å². The van der Waals surface area contributed by atoms with Crippen molar-refractivity contribution < 1.29 is 9.32 Å². The predicted octanol–water partition coefficient (Wildman–Crippen LogP) is 6.05. The summed E-state index contributed by atoms with van der Waals surface area (Å²) in [5.41, 5.74) is 5.08. The average Bonchev–Trinajstić information content (AvgIpc) is 3.44. The third kappa shape index (κ3) is 6.44. The maximum absolute atomic E-state index is 13.4. The number of allylic oxidation sites excluding steroid dienone is 2. The summed E-state index contributed by atoms with van der Waals surface area (Å²) in [4.78, 5) is 15.6. The van der Waals surface area contributed by atoms with E-state index in [1.54, 1.807) is 6.20 Å². The molecule has 0 amide bonds. The molecule has 2 unspecified atom stereocenters. The molecule has 3 aromatic rings. The van der Waals surface area contributed by atoms with Crippen LogP contribution in [-0.4, -0.2) is 31.7 Å². The fourth-order valence-electron chi connectivity index (χ4n) is 3.77. The van der Waals surface area contributed by atoms with Crippen molar-refractivity contribution in [2.75, 3.05) is 0 Å². The first-order valence-electron chi connectivity index (χ1n) is 11.7. The highest BCUT2D eigenvalue weighted by molar-refractivity contribution is 5.89. The molecule has 0 spiro atoms. The summed E-state index contributed by atoms with van der Waals surface area (Å²) in [7, 11) is 0. The number of hydrogen-bond donors (Lipinski definition) is 0. The highest BCUT2D eigenvalue weighted by Gasteiger charge is 2.27. The Morgan fingerprint density at radius 2 is 1.85 bits per heavy atom. The van der Waals surface area contributed by atoms with Gasteiger partial charge >= 0.3 is 0 Å². The standard InChI is InChI=1S/C25H32N4O2.C2H6/c1-7-17(2)29(14-22-11-9-8-10-12-22)20(5)25(30)18(3)23-13-26-28(15-23)16-24-19(4)27-31-21(24)6;1-2/h7-13,15,18,20H,14,16H2,1-6H3;1-2H3/b17-7+;. The number of hydrogen-bond acceptors (Lipinski definition) is 5. The molecule has 0 saturated carbocycles. The van der Waals surface area contributed by atoms with Gasteiger partial charge in [-0.3, -0.25) is 9.48 Å². The molecule has 0 saturated heterocycles. The molecule has 0 radical (unpaired) electrons. The molecule has 3 rings (SSSR count). The van der Waals surface area contributed by atoms with Gasteiger partial charge in [0.25, 0.3) is 0 Å². The number of Topliss-reactive ketones (excluding diaryl/α,β-unsaturated/α-hetero) is 1. The van der Waals surface area contributed by atoms with Gasteiger partial charge in [-0.2, -0.15) is 5.10 Å². The van der Waals surface area contributed by atoms with Gasteiger partial charge in [-0.05, 0) is 40.2 Å². The van der Waals surface area contributed by atoms with Crippen LogP contribution in [0.1, 0.15) is 75.6 Å². The summed E-state index contributed by atoms with van der Waals surface area (Å²) < 4.78 is 7.09. The van der Waals surface area contributed by atoms with Crippen molar-refractivity contribution in [1.29, 1.82) is 0 Å². The third-order valence-electron chi connectivity index (χ3n) is 6.03. The summed E-state index contributed by atoms with van der Waals surface area (Å²) in [5, 5.41) is 8.47. The minimum atomic E-state index is -0.253. The van der Waals surface area contributed by atoms with Crippen LogP contribution < -0.4 is 0 Å². The van der Waals surface area contributed by atoms with Gasteiger partial charge in [-0.15, -0.1) is 0 Å². The second-order valence-electron chi connectivity index (χ2n) is 8.12. The maximum Gasteiger partial charge on any atom is 0.162 e. The predicted molar refractivity (Wildman–Crippen MR) is 133 cm³/mol. The Labute approximate surface area is 198 Å². The van der Waals surface area contributed by atoms with Gasteiger partial charge in [-0.25, -0.2) is 0 Å². The lowest BCUT2D eigenvalue weighted by Gasteiger charge is -2.32. The summed E-state index contributed by atoms with van der Waals surface area (Å²) in [6.45, 7) is 17.1. The zero-order valence-electron chi connectivity index (χ0n) is 21.3. The molecule has 2 aromatic heterocycles. The highest BCUT2D eigenvalue weighted by Crippen LogP contribution is 2.23. The first kappa shape index (κ1) is 26.1. The molecule has 0 bridgehead atoms. The molecule has 2 heterocycles. The largest absolute Gasteiger partial charge is 0.361 e. The van der Waals surface area contributed by atoms with Crippen LogP contribution in [0.2, 0.25) is 0 Å². The van der Waals surface area contributed by atoms with E-state index in [-0.39, 0.29) is 17.7 Å². The highest BCUT2D eigenvalue weighted by atomic mass is 16.5. The van der Waals surface area contributed by atoms with Gasteiger partial charge in [0.05, 0.1) is 24.5 Å². The second kappa shape index (κ2) is 12.2. The molecule has 6 nitrogen and oxygen atoms in total. The van der Waals surface area contributed by atoms with Gasteiger partial charge in [0.15, 0.2) is 5.78 Å². The molecule has 1 aromatic carbocycles. The van der Waals surface area contributed by atoms with Crippen molar-refractivity contribution in [2.45, 2.75) is 80.4 Å². The van der Waals surface area contributed by atoms with Crippen LogP contribution in [0.15, 0.2) is 59.0 Å². The zero-order valence-corrected chi connectivity index (χ0v) is 21.3. The monoisotopic (exact) mass is 450 g/mol. The van der Waals surface area contributed by atoms with E-state index in [0.29, 0.717) is 13.1 Å². The van der Waals surface area contributed by atoms with E-state index in [1.807, 2.05) is 77.5 Å². The topological polar surface area (TPSA) is 64.2 Å². The van der Waals surface area contributed by atoms with Crippen LogP contribution in [-0.2, 0) is 17.9 Å². The Morgan fingerprint density at radius 1 is 1.18 bits per heavy atom. The van der Waals surface area contributed by atoms with Crippen molar-refractivity contribution in [3.63, 3.8) is 0 Å². The Kier molecular flexibility index (Phi) is 9.64. The molecule has 33 heavy (non-hydrogen) atoms. The fraction of sp³-hybridized carbons (Fsp3) is 0.444. The number of rotatable bonds is 9. The normalized spacial score (nSPS) is 13.2. The molecule has 0 aliphatic carbocycles. The van der Waals surface area contributed by atoms with Crippen LogP contribution >= 0.6 is 0 Å². The number of carbonyl (C=O) groups excluding carboxylic acids is 1. The first-order chi connectivity index (χ1) is 15.8. The van der Waals surface area contributed by atoms with E-state index < -0.39 is 0 Å². The number of nitrogens with zero attached hydrogens (tertiary/aromatic N) is 4. The molecular formula is C27H38N4O2. The van der Waals surface area contributed by atoms with Crippen molar-refractivity contribution in [3.8, 4) is 0 Å². The Balaban J connectivity index is 0.00000187. The van der Waals surface area contributed by atoms with Crippen LogP contribution in [0.5, 0.6) is 0 Å². The molecule has 2 atom stereocenters. The second-order valence-corrected chi connectivity index (χ2v) is 8.12. The molecule has 0 aliphatic heterocycles. The lowest BCUT2D eigenvalue weighted by atomic mass is 9.94. The molecule has 6 heteroatoms. The third-order valence-corrected chi connectivity index (χ3v) is 6.03. The molecule has 178 valence electrons. The lowest BCUT2D eigenvalue weighted by molar-refractivity contribution is -0.124. The van der Waals surface area contributed by atoms with E-state index in [4.69, 9.17) is 4.52 Å². The smallest absolute Gasteiger partial charge is 0.162 e. The van der Waals surface area contributed by atoms with Gasteiger partial charge in [0, 0.05) is 35.5 Å². The summed E-state index contributed by atoms with van der Waals surface area (Å²) in [6.07, 6.45) is 5.79. The minimum absolute atomic E-state index is 0.175. The van der Waals surface area contributed by atoms with Crippen molar-refractivity contribution in [2.24, 2.45) is 0 Å².